The second-order valence-electron chi connectivity index (χ2n) is 10.1. The number of carbonyl (C=O) groups excluding carboxylic acids is 2. The van der Waals surface area contributed by atoms with Crippen LogP contribution in [0.5, 0.6) is 11.6 Å². The van der Waals surface area contributed by atoms with E-state index < -0.39 is 0 Å². The zero-order chi connectivity index (χ0) is 29.1. The molecule has 1 aromatic carbocycles. The number of hydrogen-bond acceptors (Lipinski definition) is 8. The monoisotopic (exact) mass is 588 g/mol. The number of nitrogens with one attached hydrogen (secondary N) is 1. The van der Waals surface area contributed by atoms with Crippen molar-refractivity contribution in [3.05, 3.63) is 89.0 Å². The summed E-state index contributed by atoms with van der Waals surface area (Å²) in [7, 11) is 1.47. The number of benzene rings is 1. The Hall–Kier alpha value is -4.64. The van der Waals surface area contributed by atoms with Crippen LogP contribution in [0.4, 0.5) is 4.79 Å². The summed E-state index contributed by atoms with van der Waals surface area (Å²) >= 11 is 5.99. The number of rotatable bonds is 9. The molecule has 11 nitrogen and oxygen atoms in total. The summed E-state index contributed by atoms with van der Waals surface area (Å²) < 4.78 is 19.1. The number of fused-ring (bicyclic) bond motifs is 1. The molecule has 42 heavy (non-hydrogen) atoms. The molecule has 2 amide bonds. The van der Waals surface area contributed by atoms with Crippen molar-refractivity contribution in [2.75, 3.05) is 20.3 Å². The van der Waals surface area contributed by atoms with Crippen LogP contribution >= 0.6 is 11.6 Å². The number of amides is 2. The van der Waals surface area contributed by atoms with Gasteiger partial charge in [-0.05, 0) is 29.8 Å². The molecule has 216 valence electrons. The van der Waals surface area contributed by atoms with Crippen LogP contribution in [0.2, 0.25) is 5.02 Å². The highest BCUT2D eigenvalue weighted by molar-refractivity contribution is 6.30. The lowest BCUT2D eigenvalue weighted by Gasteiger charge is -2.32. The molecule has 0 spiro atoms. The number of piperidine rings is 1. The minimum atomic E-state index is -0.360. The van der Waals surface area contributed by atoms with Crippen molar-refractivity contribution in [2.45, 2.75) is 38.1 Å². The van der Waals surface area contributed by atoms with E-state index in [0.29, 0.717) is 61.1 Å². The Labute approximate surface area is 247 Å². The third kappa shape index (κ3) is 6.01. The molecule has 12 heteroatoms. The summed E-state index contributed by atoms with van der Waals surface area (Å²) in [5, 5.41) is 8.05. The predicted octanol–water partition coefficient (Wildman–Crippen LogP) is 4.34. The molecule has 0 bridgehead atoms. The minimum Gasteiger partial charge on any atom is -0.488 e. The maximum atomic E-state index is 13.4. The lowest BCUT2D eigenvalue weighted by atomic mass is 10.0. The van der Waals surface area contributed by atoms with Crippen LogP contribution in [0, 0.1) is 0 Å². The van der Waals surface area contributed by atoms with E-state index in [1.807, 2.05) is 36.5 Å². The van der Waals surface area contributed by atoms with Crippen LogP contribution in [0.25, 0.3) is 11.3 Å². The molecule has 0 radical (unpaired) electrons. The lowest BCUT2D eigenvalue weighted by molar-refractivity contribution is 0.0913. The summed E-state index contributed by atoms with van der Waals surface area (Å²) in [6, 6.07) is 14.6. The fraction of sp³-hybridized carbons (Fsp3) is 0.300. The first-order valence-corrected chi connectivity index (χ1v) is 14.0. The number of halogens is 1. The van der Waals surface area contributed by atoms with E-state index in [2.05, 4.69) is 15.4 Å². The van der Waals surface area contributed by atoms with Gasteiger partial charge in [-0.15, -0.1) is 0 Å². The largest absolute Gasteiger partial charge is 0.488 e. The third-order valence-electron chi connectivity index (χ3n) is 7.31. The highest BCUT2D eigenvalue weighted by Crippen LogP contribution is 2.36. The molecule has 5 heterocycles. The lowest BCUT2D eigenvalue weighted by Crippen LogP contribution is -2.44. The second-order valence-corrected chi connectivity index (χ2v) is 10.6. The van der Waals surface area contributed by atoms with Gasteiger partial charge in [0.1, 0.15) is 29.7 Å². The Kier molecular flexibility index (Phi) is 7.91. The van der Waals surface area contributed by atoms with Gasteiger partial charge in [0.05, 0.1) is 31.6 Å². The number of carbonyl (C=O) groups is 2. The van der Waals surface area contributed by atoms with Crippen molar-refractivity contribution >= 4 is 23.6 Å². The smallest absolute Gasteiger partial charge is 0.410 e. The van der Waals surface area contributed by atoms with Crippen molar-refractivity contribution in [1.29, 1.82) is 0 Å². The number of ether oxygens (including phenoxy) is 3. The maximum absolute atomic E-state index is 13.4. The van der Waals surface area contributed by atoms with Crippen molar-refractivity contribution < 1.29 is 23.8 Å². The number of hydrogen-bond donors (Lipinski definition) is 1. The predicted molar refractivity (Wildman–Crippen MR) is 153 cm³/mol. The molecule has 2 atom stereocenters. The Morgan fingerprint density at radius 3 is 2.86 bits per heavy atom. The molecule has 2 aliphatic rings. The van der Waals surface area contributed by atoms with Gasteiger partial charge in [0.15, 0.2) is 0 Å². The van der Waals surface area contributed by atoms with Crippen LogP contribution in [0.15, 0.2) is 67.1 Å². The molecule has 0 aliphatic carbocycles. The van der Waals surface area contributed by atoms with Crippen molar-refractivity contribution in [2.24, 2.45) is 0 Å². The fourth-order valence-electron chi connectivity index (χ4n) is 5.15. The molecule has 3 aromatic heterocycles. The van der Waals surface area contributed by atoms with E-state index in [4.69, 9.17) is 30.8 Å². The molecule has 0 saturated carbocycles. The number of pyridine rings is 2. The average Bonchev–Trinajstić information content (AvgIpc) is 3.63. The third-order valence-corrected chi connectivity index (χ3v) is 7.56. The Morgan fingerprint density at radius 1 is 1.21 bits per heavy atom. The van der Waals surface area contributed by atoms with E-state index in [1.165, 1.54) is 7.11 Å². The Bertz CT molecular complexity index is 1580. The average molecular weight is 589 g/mol. The van der Waals surface area contributed by atoms with E-state index in [9.17, 15) is 9.59 Å². The van der Waals surface area contributed by atoms with Gasteiger partial charge in [-0.1, -0.05) is 29.8 Å². The summed E-state index contributed by atoms with van der Waals surface area (Å²) in [5.41, 5.74) is 3.19. The highest BCUT2D eigenvalue weighted by atomic mass is 35.5. The molecule has 4 aromatic rings. The van der Waals surface area contributed by atoms with E-state index in [0.717, 1.165) is 11.3 Å². The van der Waals surface area contributed by atoms with Crippen LogP contribution < -0.4 is 14.8 Å². The standard InChI is InChI=1S/C30H29ClN6O5/c1-40-29-25(28(38)33-14-19-5-7-21(31)8-6-19)13-26(42-24-9-11-37-23(12-24)18-41-30(37)39)27(35-29)20-15-34-36(16-20)17-22-4-2-3-10-32-22/h2-8,10,13,15-16,23-24H,9,11-12,14,17-18H2,1H3,(H,33,38)/t23-,24-/m0/s1. The summed E-state index contributed by atoms with van der Waals surface area (Å²) in [5.74, 6) is 0.225. The first kappa shape index (κ1) is 27.5. The topological polar surface area (TPSA) is 121 Å². The first-order chi connectivity index (χ1) is 20.5. The summed E-state index contributed by atoms with van der Waals surface area (Å²) in [6.07, 6.45) is 6.03. The van der Waals surface area contributed by atoms with E-state index >= 15 is 0 Å². The van der Waals surface area contributed by atoms with Crippen LogP contribution in [-0.2, 0) is 17.8 Å². The van der Waals surface area contributed by atoms with Gasteiger partial charge in [-0.2, -0.15) is 5.10 Å². The molecule has 2 fully saturated rings. The molecular formula is C30H29ClN6O5. The Morgan fingerprint density at radius 2 is 2.07 bits per heavy atom. The van der Waals surface area contributed by atoms with E-state index in [-0.39, 0.29) is 35.6 Å². The van der Waals surface area contributed by atoms with Gasteiger partial charge in [0.25, 0.3) is 5.91 Å². The first-order valence-electron chi connectivity index (χ1n) is 13.6. The zero-order valence-corrected chi connectivity index (χ0v) is 23.7. The fourth-order valence-corrected chi connectivity index (χ4v) is 5.28. The highest BCUT2D eigenvalue weighted by Gasteiger charge is 2.39. The summed E-state index contributed by atoms with van der Waals surface area (Å²) in [4.78, 5) is 36.2. The van der Waals surface area contributed by atoms with Crippen LogP contribution in [0.3, 0.4) is 0 Å². The van der Waals surface area contributed by atoms with Gasteiger partial charge < -0.3 is 24.4 Å². The second kappa shape index (κ2) is 12.1. The van der Waals surface area contributed by atoms with Crippen LogP contribution in [0.1, 0.15) is 34.5 Å². The summed E-state index contributed by atoms with van der Waals surface area (Å²) in [6.45, 7) is 1.65. The normalized spacial score (nSPS) is 17.9. The molecule has 2 saturated heterocycles. The van der Waals surface area contributed by atoms with E-state index in [1.54, 1.807) is 40.2 Å². The molecule has 2 aliphatic heterocycles. The number of cyclic esters (lactones) is 1. The van der Waals surface area contributed by atoms with Gasteiger partial charge in [-0.3, -0.25) is 14.5 Å². The molecular weight excluding hydrogens is 560 g/mol. The van der Waals surface area contributed by atoms with Crippen molar-refractivity contribution in [3.8, 4) is 22.9 Å². The van der Waals surface area contributed by atoms with Crippen LogP contribution in [-0.4, -0.2) is 69.1 Å². The number of aromatic nitrogens is 4. The molecule has 6 rings (SSSR count). The SMILES string of the molecule is COc1nc(-c2cnn(Cc3ccccn3)c2)c(O[C@H]2CCN3C(=O)OC[C@@H]3C2)cc1C(=O)NCc1ccc(Cl)cc1. The van der Waals surface area contributed by atoms with Gasteiger partial charge in [0, 0.05) is 55.0 Å². The zero-order valence-electron chi connectivity index (χ0n) is 22.9. The minimum absolute atomic E-state index is 0.0471. The van der Waals surface area contributed by atoms with Gasteiger partial charge in [-0.25, -0.2) is 9.78 Å². The quantitative estimate of drug-likeness (QED) is 0.306. The molecule has 0 unspecified atom stereocenters. The number of nitrogens with zero attached hydrogens (tertiary/aromatic N) is 5. The maximum Gasteiger partial charge on any atom is 0.410 e. The van der Waals surface area contributed by atoms with Crippen molar-refractivity contribution in [3.63, 3.8) is 0 Å². The van der Waals surface area contributed by atoms with Crippen molar-refractivity contribution in [1.82, 2.24) is 30.0 Å². The Balaban J connectivity index is 1.29. The number of methoxy groups -OCH3 is 1. The van der Waals surface area contributed by atoms with Gasteiger partial charge in [0.2, 0.25) is 5.88 Å². The van der Waals surface area contributed by atoms with Gasteiger partial charge >= 0.3 is 6.09 Å². The molecule has 1 N–H and O–H groups in total.